The molecule has 1 saturated heterocycles. The van der Waals surface area contributed by atoms with Gasteiger partial charge in [0.05, 0.1) is 11.9 Å². The van der Waals surface area contributed by atoms with E-state index in [9.17, 15) is 4.79 Å². The summed E-state index contributed by atoms with van der Waals surface area (Å²) in [6, 6.07) is 2.32. The van der Waals surface area contributed by atoms with E-state index in [1.54, 1.807) is 19.3 Å². The highest BCUT2D eigenvalue weighted by atomic mass is 16.1. The van der Waals surface area contributed by atoms with Gasteiger partial charge in [-0.3, -0.25) is 4.79 Å². The van der Waals surface area contributed by atoms with Crippen molar-refractivity contribution in [1.29, 1.82) is 0 Å². The van der Waals surface area contributed by atoms with Crippen molar-refractivity contribution in [3.05, 3.63) is 22.6 Å². The van der Waals surface area contributed by atoms with Crippen LogP contribution >= 0.6 is 0 Å². The van der Waals surface area contributed by atoms with Gasteiger partial charge in [0.15, 0.2) is 0 Å². The molecule has 1 aliphatic heterocycles. The van der Waals surface area contributed by atoms with Gasteiger partial charge >= 0.3 is 0 Å². The first kappa shape index (κ1) is 15.0. The van der Waals surface area contributed by atoms with Crippen LogP contribution in [0, 0.1) is 5.92 Å². The summed E-state index contributed by atoms with van der Waals surface area (Å²) in [7, 11) is 1.68. The Morgan fingerprint density at radius 1 is 1.45 bits per heavy atom. The first-order valence-electron chi connectivity index (χ1n) is 7.65. The number of rotatable bonds is 6. The first-order chi connectivity index (χ1) is 9.63. The zero-order valence-electron chi connectivity index (χ0n) is 12.8. The molecule has 2 rings (SSSR count). The van der Waals surface area contributed by atoms with Crippen molar-refractivity contribution in [3.63, 3.8) is 0 Å². The van der Waals surface area contributed by atoms with Crippen molar-refractivity contribution in [3.8, 4) is 0 Å². The van der Waals surface area contributed by atoms with Crippen LogP contribution in [0.4, 0.5) is 5.69 Å². The minimum atomic E-state index is -0.0406. The molecule has 112 valence electrons. The molecule has 0 aromatic carbocycles. The third-order valence-electron chi connectivity index (χ3n) is 4.29. The topological polar surface area (TPSA) is 50.2 Å². The van der Waals surface area contributed by atoms with Gasteiger partial charge in [0.2, 0.25) is 0 Å². The number of nitrogens with zero attached hydrogens (tertiary/aromatic N) is 3. The number of aromatic nitrogens is 2. The largest absolute Gasteiger partial charge is 0.370 e. The number of nitrogens with one attached hydrogen (secondary N) is 1. The van der Waals surface area contributed by atoms with Gasteiger partial charge in [-0.2, -0.15) is 5.10 Å². The van der Waals surface area contributed by atoms with E-state index in [1.807, 2.05) is 0 Å². The first-order valence-corrected chi connectivity index (χ1v) is 7.65. The predicted molar refractivity (Wildman–Crippen MR) is 82.2 cm³/mol. The molecule has 2 heterocycles. The fraction of sp³-hybridized carbons (Fsp3) is 0.733. The van der Waals surface area contributed by atoms with E-state index < -0.39 is 0 Å². The van der Waals surface area contributed by atoms with Crippen molar-refractivity contribution >= 4 is 5.69 Å². The zero-order chi connectivity index (χ0) is 14.5. The van der Waals surface area contributed by atoms with Crippen LogP contribution in [-0.2, 0) is 7.05 Å². The Morgan fingerprint density at radius 3 is 2.85 bits per heavy atom. The van der Waals surface area contributed by atoms with Crippen LogP contribution in [0.15, 0.2) is 17.1 Å². The summed E-state index contributed by atoms with van der Waals surface area (Å²) in [5.41, 5.74) is 0.916. The van der Waals surface area contributed by atoms with Gasteiger partial charge in [0, 0.05) is 32.2 Å². The standard InChI is InChI=1S/C15H26N4O/c1-4-13(5-2)16-9-12-6-7-19(11-12)14-8-15(20)18(3)17-10-14/h8,10,12-13,16H,4-7,9,11H2,1-3H3. The molecule has 0 bridgehead atoms. The molecule has 0 radical (unpaired) electrons. The van der Waals surface area contributed by atoms with Gasteiger partial charge in [-0.05, 0) is 31.7 Å². The van der Waals surface area contributed by atoms with Crippen molar-refractivity contribution in [2.24, 2.45) is 13.0 Å². The zero-order valence-corrected chi connectivity index (χ0v) is 12.8. The molecule has 20 heavy (non-hydrogen) atoms. The number of aryl methyl sites for hydroxylation is 1. The Balaban J connectivity index is 1.88. The molecule has 0 amide bonds. The molecule has 1 N–H and O–H groups in total. The highest BCUT2D eigenvalue weighted by molar-refractivity contribution is 5.43. The molecule has 5 heteroatoms. The maximum absolute atomic E-state index is 11.6. The fourth-order valence-corrected chi connectivity index (χ4v) is 2.78. The predicted octanol–water partition coefficient (Wildman–Crippen LogP) is 1.38. The lowest BCUT2D eigenvalue weighted by Gasteiger charge is -2.20. The van der Waals surface area contributed by atoms with Crippen molar-refractivity contribution in [1.82, 2.24) is 15.1 Å². The highest BCUT2D eigenvalue weighted by Crippen LogP contribution is 2.21. The summed E-state index contributed by atoms with van der Waals surface area (Å²) in [5.74, 6) is 0.666. The summed E-state index contributed by atoms with van der Waals surface area (Å²) in [6.45, 7) is 7.56. The SMILES string of the molecule is CCC(CC)NCC1CCN(c2cnn(C)c(=O)c2)C1. The molecule has 0 spiro atoms. The summed E-state index contributed by atoms with van der Waals surface area (Å²) >= 11 is 0. The quantitative estimate of drug-likeness (QED) is 0.854. The van der Waals surface area contributed by atoms with Crippen molar-refractivity contribution in [2.45, 2.75) is 39.2 Å². The Labute approximate surface area is 121 Å². The summed E-state index contributed by atoms with van der Waals surface area (Å²) in [6.07, 6.45) is 5.34. The van der Waals surface area contributed by atoms with Crippen LogP contribution in [-0.4, -0.2) is 35.5 Å². The summed E-state index contributed by atoms with van der Waals surface area (Å²) in [4.78, 5) is 13.9. The van der Waals surface area contributed by atoms with E-state index in [2.05, 4.69) is 29.2 Å². The molecule has 1 aromatic rings. The van der Waals surface area contributed by atoms with E-state index in [0.717, 1.165) is 25.3 Å². The lowest BCUT2D eigenvalue weighted by Crippen LogP contribution is -2.33. The maximum atomic E-state index is 11.6. The maximum Gasteiger partial charge on any atom is 0.268 e. The van der Waals surface area contributed by atoms with Crippen LogP contribution in [0.2, 0.25) is 0 Å². The van der Waals surface area contributed by atoms with Gasteiger partial charge in [0.1, 0.15) is 0 Å². The van der Waals surface area contributed by atoms with Crippen LogP contribution in [0.3, 0.4) is 0 Å². The van der Waals surface area contributed by atoms with Gasteiger partial charge in [-0.15, -0.1) is 0 Å². The van der Waals surface area contributed by atoms with Crippen molar-refractivity contribution in [2.75, 3.05) is 24.5 Å². The number of hydrogen-bond acceptors (Lipinski definition) is 4. The van der Waals surface area contributed by atoms with Gasteiger partial charge in [0.25, 0.3) is 5.56 Å². The summed E-state index contributed by atoms with van der Waals surface area (Å²) < 4.78 is 1.37. The molecule has 1 unspecified atom stereocenters. The molecule has 1 atom stereocenters. The molecule has 5 nitrogen and oxygen atoms in total. The number of hydrogen-bond donors (Lipinski definition) is 1. The molecule has 1 fully saturated rings. The fourth-order valence-electron chi connectivity index (χ4n) is 2.78. The second-order valence-electron chi connectivity index (χ2n) is 5.70. The molecule has 0 aliphatic carbocycles. The monoisotopic (exact) mass is 278 g/mol. The molecular weight excluding hydrogens is 252 g/mol. The van der Waals surface area contributed by atoms with Crippen LogP contribution < -0.4 is 15.8 Å². The minimum Gasteiger partial charge on any atom is -0.370 e. The lowest BCUT2D eigenvalue weighted by molar-refractivity contribution is 0.429. The van der Waals surface area contributed by atoms with E-state index in [-0.39, 0.29) is 5.56 Å². The van der Waals surface area contributed by atoms with Crippen LogP contribution in [0.1, 0.15) is 33.1 Å². The second kappa shape index (κ2) is 6.88. The Hall–Kier alpha value is -1.36. The third-order valence-corrected chi connectivity index (χ3v) is 4.29. The average molecular weight is 278 g/mol. The van der Waals surface area contributed by atoms with Crippen LogP contribution in [0.5, 0.6) is 0 Å². The smallest absolute Gasteiger partial charge is 0.268 e. The Kier molecular flexibility index (Phi) is 5.17. The minimum absolute atomic E-state index is 0.0406. The molecule has 1 aromatic heterocycles. The molecule has 0 saturated carbocycles. The van der Waals surface area contributed by atoms with Crippen molar-refractivity contribution < 1.29 is 0 Å². The van der Waals surface area contributed by atoms with Crippen LogP contribution in [0.25, 0.3) is 0 Å². The second-order valence-corrected chi connectivity index (χ2v) is 5.70. The van der Waals surface area contributed by atoms with Gasteiger partial charge in [-0.1, -0.05) is 13.8 Å². The number of anilines is 1. The van der Waals surface area contributed by atoms with Gasteiger partial charge < -0.3 is 10.2 Å². The normalized spacial score (nSPS) is 19.0. The molecular formula is C15H26N4O. The Morgan fingerprint density at radius 2 is 2.20 bits per heavy atom. The lowest BCUT2D eigenvalue weighted by atomic mass is 10.1. The van der Waals surface area contributed by atoms with E-state index in [1.165, 1.54) is 23.9 Å². The highest BCUT2D eigenvalue weighted by Gasteiger charge is 2.23. The van der Waals surface area contributed by atoms with Gasteiger partial charge in [-0.25, -0.2) is 4.68 Å². The summed E-state index contributed by atoms with van der Waals surface area (Å²) in [5, 5.41) is 7.74. The van der Waals surface area contributed by atoms with E-state index in [4.69, 9.17) is 0 Å². The Bertz CT molecular complexity index is 481. The average Bonchev–Trinajstić information content (AvgIpc) is 2.92. The van der Waals surface area contributed by atoms with E-state index in [0.29, 0.717) is 12.0 Å². The molecule has 1 aliphatic rings. The third kappa shape index (κ3) is 3.60. The van der Waals surface area contributed by atoms with E-state index >= 15 is 0 Å².